The van der Waals surface area contributed by atoms with E-state index < -0.39 is 17.6 Å². The summed E-state index contributed by atoms with van der Waals surface area (Å²) in [6, 6.07) is 10.4. The third-order valence-corrected chi connectivity index (χ3v) is 2.40. The summed E-state index contributed by atoms with van der Waals surface area (Å²) in [7, 11) is 0. The first kappa shape index (κ1) is 14.2. The van der Waals surface area contributed by atoms with Gasteiger partial charge in [-0.1, -0.05) is 30.3 Å². The molecule has 0 aromatic heterocycles. The fraction of sp³-hybridized carbons (Fsp3) is 0.0769. The van der Waals surface area contributed by atoms with Gasteiger partial charge in [-0.3, -0.25) is 0 Å². The van der Waals surface area contributed by atoms with Crippen LogP contribution in [0.3, 0.4) is 0 Å². The molecule has 0 spiro atoms. The molecule has 2 aromatic carbocycles. The van der Waals surface area contributed by atoms with Gasteiger partial charge in [0.15, 0.2) is 0 Å². The predicted molar refractivity (Wildman–Crippen MR) is 60.5 cm³/mol. The van der Waals surface area contributed by atoms with Gasteiger partial charge in [0.05, 0.1) is 5.56 Å². The number of halogens is 4. The molecule has 0 aliphatic rings. The molecular formula is C13H10F4O. The fourth-order valence-electron chi connectivity index (χ4n) is 1.53. The van der Waals surface area contributed by atoms with Crippen LogP contribution in [0.4, 0.5) is 17.6 Å². The molecule has 0 aliphatic heterocycles. The van der Waals surface area contributed by atoms with Crippen molar-refractivity contribution in [2.24, 2.45) is 0 Å². The first-order valence-electron chi connectivity index (χ1n) is 4.90. The van der Waals surface area contributed by atoms with Crippen molar-refractivity contribution in [3.8, 4) is 11.1 Å². The van der Waals surface area contributed by atoms with E-state index in [-0.39, 0.29) is 5.48 Å². The highest BCUT2D eigenvalue weighted by Gasteiger charge is 2.29. The molecule has 0 aliphatic carbocycles. The van der Waals surface area contributed by atoms with Crippen molar-refractivity contribution in [1.82, 2.24) is 0 Å². The maximum Gasteiger partial charge on any atom is 0.416 e. The van der Waals surface area contributed by atoms with Gasteiger partial charge in [0, 0.05) is 5.56 Å². The van der Waals surface area contributed by atoms with Gasteiger partial charge in [-0.05, 0) is 23.8 Å². The molecule has 0 radical (unpaired) electrons. The van der Waals surface area contributed by atoms with Crippen molar-refractivity contribution < 1.29 is 23.0 Å². The second-order valence-electron chi connectivity index (χ2n) is 3.55. The Bertz CT molecular complexity index is 517. The summed E-state index contributed by atoms with van der Waals surface area (Å²) in [5, 5.41) is 0. The summed E-state index contributed by atoms with van der Waals surface area (Å²) in [5.41, 5.74) is -0.0186. The molecule has 0 atom stereocenters. The Morgan fingerprint density at radius 1 is 0.778 bits per heavy atom. The second kappa shape index (κ2) is 5.18. The monoisotopic (exact) mass is 258 g/mol. The van der Waals surface area contributed by atoms with Gasteiger partial charge in [-0.25, -0.2) is 4.39 Å². The van der Waals surface area contributed by atoms with Gasteiger partial charge < -0.3 is 5.48 Å². The zero-order valence-corrected chi connectivity index (χ0v) is 9.13. The van der Waals surface area contributed by atoms with Gasteiger partial charge in [0.1, 0.15) is 5.82 Å². The minimum absolute atomic E-state index is 0. The Morgan fingerprint density at radius 2 is 1.33 bits per heavy atom. The quantitative estimate of drug-likeness (QED) is 0.699. The Kier molecular flexibility index (Phi) is 4.08. The second-order valence-corrected chi connectivity index (χ2v) is 3.55. The van der Waals surface area contributed by atoms with Gasteiger partial charge in [0.2, 0.25) is 0 Å². The third kappa shape index (κ3) is 2.87. The van der Waals surface area contributed by atoms with E-state index in [0.717, 1.165) is 12.1 Å². The van der Waals surface area contributed by atoms with Crippen molar-refractivity contribution >= 4 is 0 Å². The zero-order chi connectivity index (χ0) is 12.5. The average Bonchev–Trinajstić information content (AvgIpc) is 2.29. The van der Waals surface area contributed by atoms with Crippen molar-refractivity contribution in [2.45, 2.75) is 6.18 Å². The Hall–Kier alpha value is -1.88. The van der Waals surface area contributed by atoms with E-state index in [4.69, 9.17) is 0 Å². The van der Waals surface area contributed by atoms with E-state index in [1.807, 2.05) is 0 Å². The molecule has 2 aromatic rings. The molecule has 0 fully saturated rings. The lowest BCUT2D eigenvalue weighted by atomic mass is 10.0. The maximum absolute atomic E-state index is 13.4. The van der Waals surface area contributed by atoms with Crippen molar-refractivity contribution in [3.05, 3.63) is 59.9 Å². The first-order valence-corrected chi connectivity index (χ1v) is 4.90. The van der Waals surface area contributed by atoms with Crippen molar-refractivity contribution in [3.63, 3.8) is 0 Å². The molecule has 0 saturated heterocycles. The molecule has 18 heavy (non-hydrogen) atoms. The number of alkyl halides is 3. The summed E-state index contributed by atoms with van der Waals surface area (Å²) < 4.78 is 50.4. The molecule has 2 N–H and O–H groups in total. The summed E-state index contributed by atoms with van der Waals surface area (Å²) in [6.45, 7) is 0. The topological polar surface area (TPSA) is 31.5 Å². The number of hydrogen-bond acceptors (Lipinski definition) is 0. The standard InChI is InChI=1S/C13H8F4.H2O/c14-12-4-2-1-3-11(12)9-5-7-10(8-6-9)13(15,16)17;/h1-8H;1H2. The Labute approximate surface area is 101 Å². The van der Waals surface area contributed by atoms with Gasteiger partial charge >= 0.3 is 6.18 Å². The van der Waals surface area contributed by atoms with Crippen LogP contribution in [0.1, 0.15) is 5.56 Å². The van der Waals surface area contributed by atoms with Crippen LogP contribution < -0.4 is 0 Å². The van der Waals surface area contributed by atoms with Crippen molar-refractivity contribution in [2.75, 3.05) is 0 Å². The largest absolute Gasteiger partial charge is 0.416 e. The van der Waals surface area contributed by atoms with E-state index in [2.05, 4.69) is 0 Å². The highest BCUT2D eigenvalue weighted by atomic mass is 19.4. The fourth-order valence-corrected chi connectivity index (χ4v) is 1.53. The van der Waals surface area contributed by atoms with Crippen LogP contribution in [0.2, 0.25) is 0 Å². The van der Waals surface area contributed by atoms with E-state index in [1.54, 1.807) is 6.07 Å². The molecule has 5 heteroatoms. The molecule has 0 bridgehead atoms. The van der Waals surface area contributed by atoms with Crippen LogP contribution in [-0.2, 0) is 6.18 Å². The lowest BCUT2D eigenvalue weighted by Crippen LogP contribution is -2.04. The van der Waals surface area contributed by atoms with Crippen LogP contribution in [0, 0.1) is 5.82 Å². The first-order chi connectivity index (χ1) is 7.98. The molecule has 1 nitrogen and oxygen atoms in total. The lowest BCUT2D eigenvalue weighted by molar-refractivity contribution is -0.137. The minimum Gasteiger partial charge on any atom is -0.412 e. The van der Waals surface area contributed by atoms with Crippen LogP contribution in [0.5, 0.6) is 0 Å². The molecule has 0 heterocycles. The summed E-state index contributed by atoms with van der Waals surface area (Å²) >= 11 is 0. The van der Waals surface area contributed by atoms with Crippen LogP contribution >= 0.6 is 0 Å². The van der Waals surface area contributed by atoms with E-state index >= 15 is 0 Å². The van der Waals surface area contributed by atoms with Gasteiger partial charge in [0.25, 0.3) is 0 Å². The highest BCUT2D eigenvalue weighted by Crippen LogP contribution is 2.31. The smallest absolute Gasteiger partial charge is 0.412 e. The molecule has 96 valence electrons. The summed E-state index contributed by atoms with van der Waals surface area (Å²) in [4.78, 5) is 0. The number of rotatable bonds is 1. The normalized spacial score (nSPS) is 10.9. The van der Waals surface area contributed by atoms with E-state index in [9.17, 15) is 17.6 Å². The van der Waals surface area contributed by atoms with E-state index in [1.165, 1.54) is 30.3 Å². The van der Waals surface area contributed by atoms with Gasteiger partial charge in [-0.15, -0.1) is 0 Å². The molecule has 2 rings (SSSR count). The van der Waals surface area contributed by atoms with Crippen molar-refractivity contribution in [1.29, 1.82) is 0 Å². The van der Waals surface area contributed by atoms with Crippen LogP contribution in [0.15, 0.2) is 48.5 Å². The number of benzene rings is 2. The lowest BCUT2D eigenvalue weighted by Gasteiger charge is -2.08. The average molecular weight is 258 g/mol. The maximum atomic E-state index is 13.4. The molecule has 0 unspecified atom stereocenters. The third-order valence-electron chi connectivity index (χ3n) is 2.40. The van der Waals surface area contributed by atoms with Crippen LogP contribution in [0.25, 0.3) is 11.1 Å². The van der Waals surface area contributed by atoms with Crippen LogP contribution in [-0.4, -0.2) is 5.48 Å². The summed E-state index contributed by atoms with van der Waals surface area (Å²) in [5.74, 6) is -0.452. The Morgan fingerprint density at radius 3 is 1.83 bits per heavy atom. The highest BCUT2D eigenvalue weighted by molar-refractivity contribution is 5.64. The molecule has 0 saturated carbocycles. The Balaban J connectivity index is 0.00000162. The zero-order valence-electron chi connectivity index (χ0n) is 9.13. The summed E-state index contributed by atoms with van der Waals surface area (Å²) in [6.07, 6.45) is -4.37. The number of hydrogen-bond donors (Lipinski definition) is 0. The predicted octanol–water partition coefficient (Wildman–Crippen LogP) is 3.69. The minimum atomic E-state index is -4.37. The molecule has 0 amide bonds. The van der Waals surface area contributed by atoms with Gasteiger partial charge in [-0.2, -0.15) is 13.2 Å². The van der Waals surface area contributed by atoms with E-state index in [0.29, 0.717) is 11.1 Å². The molecular weight excluding hydrogens is 248 g/mol. The SMILES string of the molecule is Fc1ccccc1-c1ccc(C(F)(F)F)cc1.O.